The number of tetrazole rings is 1. The fraction of sp³-hybridized carbons (Fsp3) is 0.263. The Hall–Kier alpha value is -3.82. The van der Waals surface area contributed by atoms with E-state index in [2.05, 4.69) is 15.5 Å². The first kappa shape index (κ1) is 18.5. The monoisotopic (exact) mass is 393 g/mol. The van der Waals surface area contributed by atoms with Crippen LogP contribution in [0, 0.1) is 17.0 Å². The predicted molar refractivity (Wildman–Crippen MR) is 105 cm³/mol. The molecule has 4 rings (SSSR count). The zero-order valence-corrected chi connectivity index (χ0v) is 15.8. The van der Waals surface area contributed by atoms with Crippen LogP contribution in [0.2, 0.25) is 0 Å². The van der Waals surface area contributed by atoms with E-state index < -0.39 is 0 Å². The Labute approximate surface area is 166 Å². The van der Waals surface area contributed by atoms with Gasteiger partial charge in [0, 0.05) is 37.8 Å². The van der Waals surface area contributed by atoms with Crippen LogP contribution in [0.3, 0.4) is 0 Å². The lowest BCUT2D eigenvalue weighted by Gasteiger charge is -2.35. The van der Waals surface area contributed by atoms with E-state index >= 15 is 0 Å². The van der Waals surface area contributed by atoms with Gasteiger partial charge in [0.25, 0.3) is 11.6 Å². The molecule has 1 saturated heterocycles. The molecule has 0 N–H and O–H groups in total. The van der Waals surface area contributed by atoms with Gasteiger partial charge in [0.2, 0.25) is 0 Å². The molecule has 0 radical (unpaired) electrons. The van der Waals surface area contributed by atoms with Gasteiger partial charge in [-0.1, -0.05) is 12.1 Å². The Bertz CT molecular complexity index is 1040. The standard InChI is InChI=1S/C19H19N7O3/c1-14-12-15(6-7-16(14)25-13-20-21-22-25)19(27)24-10-8-23(9-11-24)17-4-2-3-5-18(17)26(28)29/h2-7,12-13H,8-11H2,1H3. The number of nitro benzene ring substituents is 1. The minimum absolute atomic E-state index is 0.0569. The molecule has 0 bridgehead atoms. The van der Waals surface area contributed by atoms with Gasteiger partial charge in [0.05, 0.1) is 10.6 Å². The van der Waals surface area contributed by atoms with Crippen LogP contribution in [-0.2, 0) is 0 Å². The second kappa shape index (κ2) is 7.66. The van der Waals surface area contributed by atoms with Crippen LogP contribution in [0.15, 0.2) is 48.8 Å². The fourth-order valence-electron chi connectivity index (χ4n) is 3.54. The van der Waals surface area contributed by atoms with Gasteiger partial charge in [0.1, 0.15) is 12.0 Å². The normalized spacial score (nSPS) is 14.1. The molecular formula is C19H19N7O3. The van der Waals surface area contributed by atoms with E-state index in [0.717, 1.165) is 11.3 Å². The Kier molecular flexibility index (Phi) is 4.90. The van der Waals surface area contributed by atoms with Gasteiger partial charge in [0.15, 0.2) is 0 Å². The molecule has 2 heterocycles. The van der Waals surface area contributed by atoms with E-state index in [0.29, 0.717) is 37.4 Å². The SMILES string of the molecule is Cc1cc(C(=O)N2CCN(c3ccccc3[N+](=O)[O-])CC2)ccc1-n1cnnn1. The predicted octanol–water partition coefficient (Wildman–Crippen LogP) is 1.84. The lowest BCUT2D eigenvalue weighted by molar-refractivity contribution is -0.384. The first-order chi connectivity index (χ1) is 14.0. The summed E-state index contributed by atoms with van der Waals surface area (Å²) in [5, 5.41) is 22.4. The van der Waals surface area contributed by atoms with E-state index in [1.54, 1.807) is 33.8 Å². The van der Waals surface area contributed by atoms with E-state index in [-0.39, 0.29) is 16.5 Å². The van der Waals surface area contributed by atoms with Gasteiger partial charge in [-0.05, 0) is 47.2 Å². The van der Waals surface area contributed by atoms with Crippen molar-refractivity contribution < 1.29 is 9.72 Å². The molecule has 0 saturated carbocycles. The van der Waals surface area contributed by atoms with Crippen LogP contribution in [0.5, 0.6) is 0 Å². The van der Waals surface area contributed by atoms with Crippen molar-refractivity contribution in [3.8, 4) is 5.69 Å². The van der Waals surface area contributed by atoms with Gasteiger partial charge in [-0.15, -0.1) is 5.10 Å². The van der Waals surface area contributed by atoms with Crippen molar-refractivity contribution >= 4 is 17.3 Å². The number of aromatic nitrogens is 4. The molecule has 0 unspecified atom stereocenters. The Balaban J connectivity index is 1.46. The number of amides is 1. The Morgan fingerprint density at radius 1 is 1.07 bits per heavy atom. The molecule has 10 nitrogen and oxygen atoms in total. The summed E-state index contributed by atoms with van der Waals surface area (Å²) in [4.78, 5) is 27.5. The van der Waals surface area contributed by atoms with Gasteiger partial charge >= 0.3 is 0 Å². The maximum Gasteiger partial charge on any atom is 0.292 e. The van der Waals surface area contributed by atoms with E-state index in [4.69, 9.17) is 0 Å². The second-order valence-corrected chi connectivity index (χ2v) is 6.78. The van der Waals surface area contributed by atoms with Gasteiger partial charge < -0.3 is 9.80 Å². The maximum absolute atomic E-state index is 12.9. The first-order valence-electron chi connectivity index (χ1n) is 9.16. The number of nitro groups is 1. The van der Waals surface area contributed by atoms with Crippen LogP contribution < -0.4 is 4.90 Å². The summed E-state index contributed by atoms with van der Waals surface area (Å²) < 4.78 is 1.55. The number of anilines is 1. The average Bonchev–Trinajstić information content (AvgIpc) is 3.28. The van der Waals surface area contributed by atoms with Crippen molar-refractivity contribution in [1.82, 2.24) is 25.1 Å². The third kappa shape index (κ3) is 3.64. The average molecular weight is 393 g/mol. The largest absolute Gasteiger partial charge is 0.362 e. The van der Waals surface area contributed by atoms with E-state index in [9.17, 15) is 14.9 Å². The third-order valence-corrected chi connectivity index (χ3v) is 5.03. The number of carbonyl (C=O) groups is 1. The summed E-state index contributed by atoms with van der Waals surface area (Å²) in [5.41, 5.74) is 2.97. The number of aryl methyl sites for hydroxylation is 1. The molecule has 0 spiro atoms. The zero-order valence-electron chi connectivity index (χ0n) is 15.8. The highest BCUT2D eigenvalue weighted by atomic mass is 16.6. The molecule has 1 aliphatic rings. The topological polar surface area (TPSA) is 110 Å². The van der Waals surface area contributed by atoms with Crippen molar-refractivity contribution in [2.75, 3.05) is 31.1 Å². The minimum Gasteiger partial charge on any atom is -0.362 e. The van der Waals surface area contributed by atoms with Crippen LogP contribution in [0.4, 0.5) is 11.4 Å². The molecular weight excluding hydrogens is 374 g/mol. The fourth-order valence-corrected chi connectivity index (χ4v) is 3.54. The minimum atomic E-state index is -0.373. The zero-order chi connectivity index (χ0) is 20.4. The lowest BCUT2D eigenvalue weighted by atomic mass is 10.1. The van der Waals surface area contributed by atoms with Crippen molar-refractivity contribution in [3.05, 3.63) is 70.0 Å². The van der Waals surface area contributed by atoms with Gasteiger partial charge in [-0.3, -0.25) is 14.9 Å². The molecule has 1 aliphatic heterocycles. The Morgan fingerprint density at radius 2 is 1.83 bits per heavy atom. The number of nitrogens with zero attached hydrogens (tertiary/aromatic N) is 7. The van der Waals surface area contributed by atoms with Crippen LogP contribution >= 0.6 is 0 Å². The summed E-state index contributed by atoms with van der Waals surface area (Å²) in [6.45, 7) is 3.98. The molecule has 2 aromatic carbocycles. The first-order valence-corrected chi connectivity index (χ1v) is 9.16. The summed E-state index contributed by atoms with van der Waals surface area (Å²) in [6, 6.07) is 12.1. The molecule has 29 heavy (non-hydrogen) atoms. The van der Waals surface area contributed by atoms with Crippen molar-refractivity contribution in [1.29, 1.82) is 0 Å². The lowest BCUT2D eigenvalue weighted by Crippen LogP contribution is -2.49. The molecule has 1 aromatic heterocycles. The molecule has 3 aromatic rings. The number of piperazine rings is 1. The number of carbonyl (C=O) groups excluding carboxylic acids is 1. The number of benzene rings is 2. The summed E-state index contributed by atoms with van der Waals surface area (Å²) in [7, 11) is 0. The highest BCUT2D eigenvalue weighted by Crippen LogP contribution is 2.28. The van der Waals surface area contributed by atoms with E-state index in [1.165, 1.54) is 12.4 Å². The highest BCUT2D eigenvalue weighted by molar-refractivity contribution is 5.95. The second-order valence-electron chi connectivity index (χ2n) is 6.78. The van der Waals surface area contributed by atoms with Crippen molar-refractivity contribution in [3.63, 3.8) is 0 Å². The van der Waals surface area contributed by atoms with Crippen LogP contribution in [-0.4, -0.2) is 62.1 Å². The highest BCUT2D eigenvalue weighted by Gasteiger charge is 2.26. The molecule has 10 heteroatoms. The molecule has 0 aliphatic carbocycles. The van der Waals surface area contributed by atoms with Crippen molar-refractivity contribution in [2.24, 2.45) is 0 Å². The van der Waals surface area contributed by atoms with Gasteiger partial charge in [-0.25, -0.2) is 4.68 Å². The molecule has 148 valence electrons. The summed E-state index contributed by atoms with van der Waals surface area (Å²) in [6.07, 6.45) is 1.51. The van der Waals surface area contributed by atoms with Crippen molar-refractivity contribution in [2.45, 2.75) is 6.92 Å². The molecule has 1 fully saturated rings. The third-order valence-electron chi connectivity index (χ3n) is 5.03. The number of hydrogen-bond acceptors (Lipinski definition) is 7. The number of hydrogen-bond donors (Lipinski definition) is 0. The molecule has 1 amide bonds. The smallest absolute Gasteiger partial charge is 0.292 e. The maximum atomic E-state index is 12.9. The number of para-hydroxylation sites is 2. The van der Waals surface area contributed by atoms with Gasteiger partial charge in [-0.2, -0.15) is 0 Å². The van der Waals surface area contributed by atoms with Crippen LogP contribution in [0.1, 0.15) is 15.9 Å². The summed E-state index contributed by atoms with van der Waals surface area (Å²) >= 11 is 0. The van der Waals surface area contributed by atoms with Crippen LogP contribution in [0.25, 0.3) is 5.69 Å². The molecule has 0 atom stereocenters. The van der Waals surface area contributed by atoms with E-state index in [1.807, 2.05) is 24.0 Å². The Morgan fingerprint density at radius 3 is 2.48 bits per heavy atom. The summed E-state index contributed by atoms with van der Waals surface area (Å²) in [5.74, 6) is -0.0569. The quantitative estimate of drug-likeness (QED) is 0.491. The number of rotatable bonds is 4.